The Balaban J connectivity index is 2.16. The minimum atomic E-state index is -0.407. The molecule has 0 bridgehead atoms. The van der Waals surface area contributed by atoms with E-state index in [4.69, 9.17) is 0 Å². The minimum Gasteiger partial charge on any atom is -0.388 e. The number of hydrogen-bond acceptors (Lipinski definition) is 3. The van der Waals surface area contributed by atoms with E-state index in [0.29, 0.717) is 18.7 Å². The Kier molecular flexibility index (Phi) is 3.50. The first-order valence-corrected chi connectivity index (χ1v) is 6.00. The Hall–Kier alpha value is -2.04. The maximum absolute atomic E-state index is 12.3. The van der Waals surface area contributed by atoms with Gasteiger partial charge in [0.2, 0.25) is 5.91 Å². The van der Waals surface area contributed by atoms with Crippen molar-refractivity contribution in [2.45, 2.75) is 13.0 Å². The molecule has 1 heterocycles. The smallest absolute Gasteiger partial charge is 0.254 e. The van der Waals surface area contributed by atoms with Gasteiger partial charge in [-0.15, -0.1) is 0 Å². The Morgan fingerprint density at radius 3 is 2.67 bits per heavy atom. The summed E-state index contributed by atoms with van der Waals surface area (Å²) in [7, 11) is 1.83. The van der Waals surface area contributed by atoms with E-state index in [2.05, 4.69) is 10.6 Å². The summed E-state index contributed by atoms with van der Waals surface area (Å²) < 4.78 is 0. The van der Waals surface area contributed by atoms with Crippen molar-refractivity contribution in [3.8, 4) is 0 Å². The monoisotopic (exact) mass is 247 g/mol. The number of rotatable bonds is 2. The van der Waals surface area contributed by atoms with E-state index in [9.17, 15) is 9.59 Å². The van der Waals surface area contributed by atoms with Crippen molar-refractivity contribution in [1.29, 1.82) is 0 Å². The highest BCUT2D eigenvalue weighted by molar-refractivity contribution is 5.98. The molecule has 2 amide bonds. The maximum atomic E-state index is 12.3. The molecular weight excluding hydrogens is 230 g/mol. The summed E-state index contributed by atoms with van der Waals surface area (Å²) in [6.45, 7) is 2.82. The third kappa shape index (κ3) is 2.30. The first-order chi connectivity index (χ1) is 8.63. The summed E-state index contributed by atoms with van der Waals surface area (Å²) in [4.78, 5) is 25.4. The lowest BCUT2D eigenvalue weighted by atomic mass is 10.1. The number of anilines is 1. The molecule has 2 rings (SSSR count). The molecule has 2 N–H and O–H groups in total. The van der Waals surface area contributed by atoms with Crippen LogP contribution in [0, 0.1) is 0 Å². The van der Waals surface area contributed by atoms with Crippen molar-refractivity contribution in [3.05, 3.63) is 29.8 Å². The van der Waals surface area contributed by atoms with Gasteiger partial charge in [-0.2, -0.15) is 0 Å². The van der Waals surface area contributed by atoms with Crippen LogP contribution in [0.15, 0.2) is 24.3 Å². The van der Waals surface area contributed by atoms with Crippen LogP contribution in [-0.2, 0) is 4.79 Å². The molecular formula is C13H17N3O2. The molecule has 1 saturated heterocycles. The van der Waals surface area contributed by atoms with Gasteiger partial charge in [-0.3, -0.25) is 9.59 Å². The average molecular weight is 247 g/mol. The second-order valence-electron chi connectivity index (χ2n) is 4.29. The van der Waals surface area contributed by atoms with E-state index in [1.807, 2.05) is 19.2 Å². The average Bonchev–Trinajstić information content (AvgIpc) is 2.41. The van der Waals surface area contributed by atoms with Gasteiger partial charge in [0.05, 0.1) is 0 Å². The van der Waals surface area contributed by atoms with Crippen molar-refractivity contribution in [3.63, 3.8) is 0 Å². The molecule has 1 aliphatic heterocycles. The number of piperazine rings is 1. The topological polar surface area (TPSA) is 61.4 Å². The van der Waals surface area contributed by atoms with Gasteiger partial charge in [-0.25, -0.2) is 0 Å². The number of nitrogens with zero attached hydrogens (tertiary/aromatic N) is 1. The molecule has 1 unspecified atom stereocenters. The summed E-state index contributed by atoms with van der Waals surface area (Å²) in [6, 6.07) is 6.83. The molecule has 0 saturated carbocycles. The number of hydrogen-bond donors (Lipinski definition) is 2. The number of carbonyl (C=O) groups excluding carboxylic acids is 2. The third-order valence-corrected chi connectivity index (χ3v) is 3.18. The second-order valence-corrected chi connectivity index (χ2v) is 4.29. The minimum absolute atomic E-state index is 0.0959. The quantitative estimate of drug-likeness (QED) is 0.808. The molecule has 1 aliphatic rings. The number of benzene rings is 1. The molecule has 0 aromatic heterocycles. The van der Waals surface area contributed by atoms with Crippen LogP contribution >= 0.6 is 0 Å². The molecule has 1 atom stereocenters. The molecule has 5 nitrogen and oxygen atoms in total. The van der Waals surface area contributed by atoms with E-state index in [1.54, 1.807) is 24.0 Å². The fraction of sp³-hybridized carbons (Fsp3) is 0.385. The van der Waals surface area contributed by atoms with Crippen LogP contribution in [0.1, 0.15) is 17.3 Å². The van der Waals surface area contributed by atoms with Crippen molar-refractivity contribution >= 4 is 17.5 Å². The van der Waals surface area contributed by atoms with E-state index in [-0.39, 0.29) is 11.8 Å². The summed E-state index contributed by atoms with van der Waals surface area (Å²) in [6.07, 6.45) is 0. The molecule has 5 heteroatoms. The van der Waals surface area contributed by atoms with Crippen LogP contribution in [0.5, 0.6) is 0 Å². The zero-order valence-electron chi connectivity index (χ0n) is 10.6. The second kappa shape index (κ2) is 5.08. The first kappa shape index (κ1) is 12.4. The summed E-state index contributed by atoms with van der Waals surface area (Å²) >= 11 is 0. The fourth-order valence-electron chi connectivity index (χ4n) is 2.01. The first-order valence-electron chi connectivity index (χ1n) is 6.00. The zero-order chi connectivity index (χ0) is 13.1. The van der Waals surface area contributed by atoms with Crippen molar-refractivity contribution in [1.82, 2.24) is 10.2 Å². The third-order valence-electron chi connectivity index (χ3n) is 3.18. The Bertz CT molecular complexity index is 456. The van der Waals surface area contributed by atoms with E-state index >= 15 is 0 Å². The van der Waals surface area contributed by atoms with Crippen LogP contribution in [-0.4, -0.2) is 42.9 Å². The van der Waals surface area contributed by atoms with Crippen molar-refractivity contribution in [2.24, 2.45) is 0 Å². The highest BCUT2D eigenvalue weighted by Gasteiger charge is 2.29. The zero-order valence-corrected chi connectivity index (χ0v) is 10.6. The SMILES string of the molecule is CNc1ccc(C(=O)N2CCNC(=O)C2C)cc1. The van der Waals surface area contributed by atoms with Crippen molar-refractivity contribution in [2.75, 3.05) is 25.5 Å². The Morgan fingerprint density at radius 1 is 1.39 bits per heavy atom. The highest BCUT2D eigenvalue weighted by Crippen LogP contribution is 2.14. The van der Waals surface area contributed by atoms with Gasteiger partial charge in [0.1, 0.15) is 6.04 Å². The van der Waals surface area contributed by atoms with E-state index in [1.165, 1.54) is 0 Å². The normalized spacial score (nSPS) is 19.3. The van der Waals surface area contributed by atoms with Gasteiger partial charge < -0.3 is 15.5 Å². The standard InChI is InChI=1S/C13H17N3O2/c1-9-12(17)15-7-8-16(9)13(18)10-3-5-11(14-2)6-4-10/h3-6,9,14H,7-8H2,1-2H3,(H,15,17). The molecule has 1 fully saturated rings. The van der Waals surface area contributed by atoms with Gasteiger partial charge in [-0.05, 0) is 31.2 Å². The van der Waals surface area contributed by atoms with E-state index in [0.717, 1.165) is 5.69 Å². The predicted molar refractivity (Wildman–Crippen MR) is 69.5 cm³/mol. The van der Waals surface area contributed by atoms with Crippen molar-refractivity contribution < 1.29 is 9.59 Å². The number of carbonyl (C=O) groups is 2. The molecule has 1 aromatic rings. The van der Waals surface area contributed by atoms with Gasteiger partial charge in [0.15, 0.2) is 0 Å². The van der Waals surface area contributed by atoms with Gasteiger partial charge in [0, 0.05) is 31.4 Å². The number of nitrogens with one attached hydrogen (secondary N) is 2. The highest BCUT2D eigenvalue weighted by atomic mass is 16.2. The summed E-state index contributed by atoms with van der Waals surface area (Å²) in [5.74, 6) is -0.193. The molecule has 0 radical (unpaired) electrons. The molecule has 0 aliphatic carbocycles. The Labute approximate surface area is 106 Å². The summed E-state index contributed by atoms with van der Waals surface area (Å²) in [5, 5.41) is 5.74. The molecule has 1 aromatic carbocycles. The predicted octanol–water partition coefficient (Wildman–Crippen LogP) is 0.689. The lowest BCUT2D eigenvalue weighted by Crippen LogP contribution is -2.55. The molecule has 96 valence electrons. The molecule has 18 heavy (non-hydrogen) atoms. The largest absolute Gasteiger partial charge is 0.388 e. The van der Waals surface area contributed by atoms with Crippen LogP contribution in [0.25, 0.3) is 0 Å². The summed E-state index contributed by atoms with van der Waals surface area (Å²) in [5.41, 5.74) is 1.56. The lowest BCUT2D eigenvalue weighted by molar-refractivity contribution is -0.127. The van der Waals surface area contributed by atoms with Crippen LogP contribution in [0.4, 0.5) is 5.69 Å². The Morgan fingerprint density at radius 2 is 2.06 bits per heavy atom. The van der Waals surface area contributed by atoms with Crippen LogP contribution in [0.2, 0.25) is 0 Å². The van der Waals surface area contributed by atoms with E-state index < -0.39 is 6.04 Å². The molecule has 0 spiro atoms. The van der Waals surface area contributed by atoms with Crippen LogP contribution in [0.3, 0.4) is 0 Å². The fourth-order valence-corrected chi connectivity index (χ4v) is 2.01. The van der Waals surface area contributed by atoms with Gasteiger partial charge >= 0.3 is 0 Å². The number of amides is 2. The maximum Gasteiger partial charge on any atom is 0.254 e. The van der Waals surface area contributed by atoms with Gasteiger partial charge in [0.25, 0.3) is 5.91 Å². The van der Waals surface area contributed by atoms with Crippen LogP contribution < -0.4 is 10.6 Å². The lowest BCUT2D eigenvalue weighted by Gasteiger charge is -2.32. The van der Waals surface area contributed by atoms with Gasteiger partial charge in [-0.1, -0.05) is 0 Å².